The van der Waals surface area contributed by atoms with E-state index in [1.807, 2.05) is 0 Å². The molecule has 5 heteroatoms. The number of pyridine rings is 1. The number of nitrogens with two attached hydrogens (primary N) is 1. The number of anilines is 2. The van der Waals surface area contributed by atoms with Crippen molar-refractivity contribution in [3.8, 4) is 5.75 Å². The number of methoxy groups -OCH3 is 1. The van der Waals surface area contributed by atoms with Crippen molar-refractivity contribution in [2.24, 2.45) is 0 Å². The van der Waals surface area contributed by atoms with Crippen LogP contribution in [-0.2, 0) is 4.79 Å². The van der Waals surface area contributed by atoms with Gasteiger partial charge in [-0.2, -0.15) is 0 Å². The molecule has 1 heterocycles. The number of nitrogens with zero attached hydrogens (tertiary/aromatic N) is 1. The van der Waals surface area contributed by atoms with Crippen LogP contribution in [0.4, 0.5) is 11.5 Å². The maximum absolute atomic E-state index is 10.7. The fraction of sp³-hybridized carbons (Fsp3) is 0.250. The molecule has 0 aliphatic heterocycles. The Bertz CT molecular complexity index is 325. The minimum absolute atomic E-state index is 0.199. The Morgan fingerprint density at radius 3 is 2.92 bits per heavy atom. The van der Waals surface area contributed by atoms with Gasteiger partial charge in [0.1, 0.15) is 0 Å². The van der Waals surface area contributed by atoms with Crippen molar-refractivity contribution in [1.82, 2.24) is 4.98 Å². The van der Waals surface area contributed by atoms with Gasteiger partial charge in [-0.25, -0.2) is 4.98 Å². The molecule has 1 aromatic rings. The van der Waals surface area contributed by atoms with E-state index in [-0.39, 0.29) is 5.91 Å². The van der Waals surface area contributed by atoms with Gasteiger partial charge in [0.25, 0.3) is 0 Å². The van der Waals surface area contributed by atoms with E-state index in [1.54, 1.807) is 6.07 Å². The van der Waals surface area contributed by atoms with Crippen LogP contribution in [0.25, 0.3) is 0 Å². The van der Waals surface area contributed by atoms with E-state index in [4.69, 9.17) is 10.5 Å². The highest BCUT2D eigenvalue weighted by molar-refractivity contribution is 5.89. The summed E-state index contributed by atoms with van der Waals surface area (Å²) in [4.78, 5) is 14.6. The number of hydrogen-bond acceptors (Lipinski definition) is 4. The van der Waals surface area contributed by atoms with E-state index >= 15 is 0 Å². The summed E-state index contributed by atoms with van der Waals surface area (Å²) in [6, 6.07) is 1.60. The molecule has 3 N–H and O–H groups in total. The van der Waals surface area contributed by atoms with Crippen LogP contribution >= 0.6 is 0 Å². The normalized spacial score (nSPS) is 9.38. The molecule has 0 aliphatic carbocycles. The molecular weight excluding hydrogens is 170 g/mol. The topological polar surface area (TPSA) is 77.2 Å². The second-order valence-corrected chi connectivity index (χ2v) is 2.50. The van der Waals surface area contributed by atoms with Crippen molar-refractivity contribution in [3.05, 3.63) is 12.3 Å². The number of hydrogen-bond donors (Lipinski definition) is 2. The molecule has 0 aliphatic rings. The fourth-order valence-electron chi connectivity index (χ4n) is 0.876. The number of nitrogens with one attached hydrogen (secondary N) is 1. The molecular formula is C8H11N3O2. The predicted octanol–water partition coefficient (Wildman–Crippen LogP) is 0.631. The average molecular weight is 181 g/mol. The number of aromatic nitrogens is 1. The van der Waals surface area contributed by atoms with Crippen LogP contribution in [0.1, 0.15) is 6.92 Å². The number of amides is 1. The lowest BCUT2D eigenvalue weighted by Crippen LogP contribution is -2.09. The van der Waals surface area contributed by atoms with E-state index in [9.17, 15) is 4.79 Å². The van der Waals surface area contributed by atoms with Crippen molar-refractivity contribution in [2.45, 2.75) is 6.92 Å². The molecule has 13 heavy (non-hydrogen) atoms. The second kappa shape index (κ2) is 3.75. The zero-order valence-electron chi connectivity index (χ0n) is 7.50. The van der Waals surface area contributed by atoms with Crippen LogP contribution in [0.15, 0.2) is 12.3 Å². The van der Waals surface area contributed by atoms with Crippen LogP contribution in [0, 0.1) is 0 Å². The summed E-state index contributed by atoms with van der Waals surface area (Å²) in [5.41, 5.74) is 5.97. The quantitative estimate of drug-likeness (QED) is 0.701. The van der Waals surface area contributed by atoms with Gasteiger partial charge in [0.2, 0.25) is 5.91 Å². The summed E-state index contributed by atoms with van der Waals surface area (Å²) in [5.74, 6) is 0.634. The molecule has 0 saturated carbocycles. The van der Waals surface area contributed by atoms with Crippen LogP contribution < -0.4 is 15.8 Å². The second-order valence-electron chi connectivity index (χ2n) is 2.50. The number of carbonyl (C=O) groups is 1. The van der Waals surface area contributed by atoms with E-state index in [1.165, 1.54) is 20.2 Å². The Hall–Kier alpha value is -1.78. The van der Waals surface area contributed by atoms with Gasteiger partial charge >= 0.3 is 0 Å². The van der Waals surface area contributed by atoms with Gasteiger partial charge in [-0.1, -0.05) is 0 Å². The van der Waals surface area contributed by atoms with Crippen molar-refractivity contribution in [1.29, 1.82) is 0 Å². The minimum atomic E-state index is -0.199. The van der Waals surface area contributed by atoms with Crippen molar-refractivity contribution >= 4 is 17.4 Å². The number of rotatable bonds is 2. The van der Waals surface area contributed by atoms with E-state index in [2.05, 4.69) is 10.3 Å². The van der Waals surface area contributed by atoms with E-state index < -0.39 is 0 Å². The molecule has 1 aromatic heterocycles. The van der Waals surface area contributed by atoms with Crippen LogP contribution in [0.5, 0.6) is 5.75 Å². The summed E-state index contributed by atoms with van der Waals surface area (Å²) in [5, 5.41) is 2.52. The molecule has 0 saturated heterocycles. The summed E-state index contributed by atoms with van der Waals surface area (Å²) >= 11 is 0. The van der Waals surface area contributed by atoms with Crippen molar-refractivity contribution < 1.29 is 9.53 Å². The molecule has 0 fully saturated rings. The summed E-state index contributed by atoms with van der Waals surface area (Å²) in [7, 11) is 1.49. The van der Waals surface area contributed by atoms with Gasteiger partial charge in [-0.15, -0.1) is 0 Å². The standard InChI is InChI=1S/C8H11N3O2/c1-5(12)11-8-7(13-2)3-6(9)4-10-8/h3-4H,9H2,1-2H3,(H,10,11,12). The third kappa shape index (κ3) is 2.33. The lowest BCUT2D eigenvalue weighted by molar-refractivity contribution is -0.114. The van der Waals surface area contributed by atoms with Gasteiger partial charge in [0.15, 0.2) is 11.6 Å². The van der Waals surface area contributed by atoms with Crippen LogP contribution in [-0.4, -0.2) is 18.0 Å². The zero-order chi connectivity index (χ0) is 9.84. The highest BCUT2D eigenvalue weighted by Crippen LogP contribution is 2.23. The Kier molecular flexibility index (Phi) is 2.69. The van der Waals surface area contributed by atoms with Gasteiger partial charge < -0.3 is 15.8 Å². The first kappa shape index (κ1) is 9.31. The molecule has 0 radical (unpaired) electrons. The molecule has 0 atom stereocenters. The smallest absolute Gasteiger partial charge is 0.222 e. The van der Waals surface area contributed by atoms with Gasteiger partial charge in [0.05, 0.1) is 19.0 Å². The number of ether oxygens (including phenoxy) is 1. The maximum Gasteiger partial charge on any atom is 0.222 e. The largest absolute Gasteiger partial charge is 0.493 e. The maximum atomic E-state index is 10.7. The minimum Gasteiger partial charge on any atom is -0.493 e. The van der Waals surface area contributed by atoms with Gasteiger partial charge in [-0.3, -0.25) is 4.79 Å². The van der Waals surface area contributed by atoms with E-state index in [0.29, 0.717) is 17.3 Å². The first-order chi connectivity index (χ1) is 6.13. The summed E-state index contributed by atoms with van der Waals surface area (Å²) in [6.45, 7) is 1.40. The first-order valence-electron chi connectivity index (χ1n) is 3.70. The van der Waals surface area contributed by atoms with Gasteiger partial charge in [-0.05, 0) is 0 Å². The van der Waals surface area contributed by atoms with Crippen LogP contribution in [0.3, 0.4) is 0 Å². The molecule has 0 bridgehead atoms. The third-order valence-electron chi connectivity index (χ3n) is 1.39. The third-order valence-corrected chi connectivity index (χ3v) is 1.39. The van der Waals surface area contributed by atoms with Crippen molar-refractivity contribution in [2.75, 3.05) is 18.2 Å². The molecule has 70 valence electrons. The predicted molar refractivity (Wildman–Crippen MR) is 49.5 cm³/mol. The molecule has 0 aromatic carbocycles. The molecule has 0 spiro atoms. The Morgan fingerprint density at radius 2 is 2.38 bits per heavy atom. The number of carbonyl (C=O) groups excluding carboxylic acids is 1. The Balaban J connectivity index is 2.99. The number of nitrogen functional groups attached to an aromatic ring is 1. The summed E-state index contributed by atoms with van der Waals surface area (Å²) in [6.07, 6.45) is 1.45. The highest BCUT2D eigenvalue weighted by atomic mass is 16.5. The SMILES string of the molecule is COc1cc(N)cnc1NC(C)=O. The fourth-order valence-corrected chi connectivity index (χ4v) is 0.876. The van der Waals surface area contributed by atoms with E-state index in [0.717, 1.165) is 0 Å². The Morgan fingerprint density at radius 1 is 1.69 bits per heavy atom. The Labute approximate surface area is 75.9 Å². The average Bonchev–Trinajstić information content (AvgIpc) is 2.07. The van der Waals surface area contributed by atoms with Crippen molar-refractivity contribution in [3.63, 3.8) is 0 Å². The monoisotopic (exact) mass is 181 g/mol. The molecule has 1 amide bonds. The summed E-state index contributed by atoms with van der Waals surface area (Å²) < 4.78 is 4.97. The highest BCUT2D eigenvalue weighted by Gasteiger charge is 2.05. The first-order valence-corrected chi connectivity index (χ1v) is 3.70. The molecule has 0 unspecified atom stereocenters. The van der Waals surface area contributed by atoms with Crippen LogP contribution in [0.2, 0.25) is 0 Å². The lowest BCUT2D eigenvalue weighted by atomic mass is 10.4. The molecule has 1 rings (SSSR count). The molecule has 5 nitrogen and oxygen atoms in total. The zero-order valence-corrected chi connectivity index (χ0v) is 7.50. The van der Waals surface area contributed by atoms with Gasteiger partial charge in [0, 0.05) is 13.0 Å². The lowest BCUT2D eigenvalue weighted by Gasteiger charge is -2.07.